The molecule has 0 aliphatic rings. The van der Waals surface area contributed by atoms with E-state index in [1.165, 1.54) is 26.0 Å². The van der Waals surface area contributed by atoms with Crippen LogP contribution >= 0.6 is 11.6 Å². The van der Waals surface area contributed by atoms with Crippen molar-refractivity contribution < 1.29 is 37.0 Å². The maximum absolute atomic E-state index is 13.3. The fraction of sp³-hybridized carbons (Fsp3) is 0.304. The quantitative estimate of drug-likeness (QED) is 0.408. The monoisotopic (exact) mass is 484 g/mol. The van der Waals surface area contributed by atoms with Gasteiger partial charge in [-0.05, 0) is 44.2 Å². The number of benzene rings is 2. The molecule has 1 heterocycles. The summed E-state index contributed by atoms with van der Waals surface area (Å²) in [6.07, 6.45) is -4.40. The van der Waals surface area contributed by atoms with Gasteiger partial charge in [-0.3, -0.25) is 4.79 Å². The third kappa shape index (κ3) is 5.66. The second kappa shape index (κ2) is 9.44. The lowest BCUT2D eigenvalue weighted by Gasteiger charge is -2.20. The van der Waals surface area contributed by atoms with Gasteiger partial charge < -0.3 is 19.0 Å². The van der Waals surface area contributed by atoms with Crippen molar-refractivity contribution in [2.45, 2.75) is 32.0 Å². The Morgan fingerprint density at radius 3 is 2.52 bits per heavy atom. The molecular weight excluding hydrogens is 465 g/mol. The number of carboxylic acid groups (broad SMARTS) is 1. The first-order chi connectivity index (χ1) is 15.4. The van der Waals surface area contributed by atoms with E-state index in [-0.39, 0.29) is 52.7 Å². The van der Waals surface area contributed by atoms with E-state index in [2.05, 4.69) is 0 Å². The van der Waals surface area contributed by atoms with E-state index in [1.807, 2.05) is 0 Å². The minimum absolute atomic E-state index is 0.00687. The van der Waals surface area contributed by atoms with Crippen LogP contribution in [0, 0.1) is 0 Å². The van der Waals surface area contributed by atoms with E-state index >= 15 is 0 Å². The van der Waals surface area contributed by atoms with Crippen LogP contribution in [0.5, 0.6) is 5.75 Å². The van der Waals surface area contributed by atoms with Gasteiger partial charge in [0.05, 0.1) is 34.7 Å². The van der Waals surface area contributed by atoms with Crippen LogP contribution < -0.4 is 10.2 Å². The number of ether oxygens (including phenoxy) is 2. The van der Waals surface area contributed by atoms with E-state index in [9.17, 15) is 22.8 Å². The molecule has 0 amide bonds. The minimum Gasteiger partial charge on any atom is -0.493 e. The van der Waals surface area contributed by atoms with Crippen LogP contribution in [0.4, 0.5) is 13.2 Å². The number of carbonyl (C=O) groups is 1. The lowest BCUT2D eigenvalue weighted by Crippen LogP contribution is -2.35. The van der Waals surface area contributed by atoms with Crippen molar-refractivity contribution in [2.24, 2.45) is 0 Å². The fourth-order valence-corrected chi connectivity index (χ4v) is 3.14. The average Bonchev–Trinajstić information content (AvgIpc) is 2.73. The Balaban J connectivity index is 1.91. The number of fused-ring (bicyclic) bond motifs is 1. The molecule has 0 saturated carbocycles. The highest BCUT2D eigenvalue weighted by atomic mass is 35.5. The molecule has 0 fully saturated rings. The van der Waals surface area contributed by atoms with Gasteiger partial charge in [-0.25, -0.2) is 4.79 Å². The van der Waals surface area contributed by atoms with Crippen molar-refractivity contribution in [1.82, 2.24) is 0 Å². The minimum atomic E-state index is -4.61. The summed E-state index contributed by atoms with van der Waals surface area (Å²) in [6.45, 7) is 2.71. The molecule has 0 unspecified atom stereocenters. The molecule has 0 radical (unpaired) electrons. The molecule has 2 aromatic carbocycles. The number of hydrogen-bond donors (Lipinski definition) is 1. The number of hydrogen-bond acceptors (Lipinski definition) is 5. The van der Waals surface area contributed by atoms with Gasteiger partial charge in [-0.15, -0.1) is 0 Å². The summed E-state index contributed by atoms with van der Waals surface area (Å²) < 4.78 is 56.3. The molecule has 3 aromatic rings. The predicted octanol–water partition coefficient (Wildman–Crippen LogP) is 5.78. The van der Waals surface area contributed by atoms with Gasteiger partial charge in [-0.2, -0.15) is 13.2 Å². The van der Waals surface area contributed by atoms with Gasteiger partial charge in [0.2, 0.25) is 0 Å². The predicted molar refractivity (Wildman–Crippen MR) is 116 cm³/mol. The van der Waals surface area contributed by atoms with Crippen molar-refractivity contribution in [3.05, 3.63) is 63.3 Å². The summed E-state index contributed by atoms with van der Waals surface area (Å²) in [5.74, 6) is -1.31. The maximum Gasteiger partial charge on any atom is 0.416 e. The van der Waals surface area contributed by atoms with Gasteiger partial charge >= 0.3 is 12.1 Å². The van der Waals surface area contributed by atoms with Crippen LogP contribution in [0.2, 0.25) is 5.02 Å². The average molecular weight is 485 g/mol. The van der Waals surface area contributed by atoms with Crippen LogP contribution in [0.3, 0.4) is 0 Å². The standard InChI is InChI=1S/C23H20ClF3O6/c1-22(2,21(29)30)32-10-4-9-31-18-11-13(23(25,26)27)7-8-15(18)19-12-17(28)14-5-3-6-16(24)20(14)33-19/h3,5-8,11-12H,4,9-10H2,1-2H3,(H,29,30). The van der Waals surface area contributed by atoms with Crippen molar-refractivity contribution in [2.75, 3.05) is 13.2 Å². The highest BCUT2D eigenvalue weighted by Crippen LogP contribution is 2.38. The first-order valence-electron chi connectivity index (χ1n) is 9.84. The molecule has 0 aliphatic heterocycles. The van der Waals surface area contributed by atoms with Crippen LogP contribution in [0.25, 0.3) is 22.3 Å². The van der Waals surface area contributed by atoms with E-state index in [4.69, 9.17) is 30.6 Å². The van der Waals surface area contributed by atoms with Crippen molar-refractivity contribution in [3.8, 4) is 17.1 Å². The highest BCUT2D eigenvalue weighted by molar-refractivity contribution is 6.34. The molecule has 0 aliphatic carbocycles. The number of rotatable bonds is 8. The molecule has 0 bridgehead atoms. The number of carboxylic acids is 1. The van der Waals surface area contributed by atoms with Gasteiger partial charge in [0.1, 0.15) is 11.5 Å². The summed E-state index contributed by atoms with van der Waals surface area (Å²) in [6, 6.07) is 8.63. The SMILES string of the molecule is CC(C)(OCCCOc1cc(C(F)(F)F)ccc1-c1cc(=O)c2cccc(Cl)c2o1)C(=O)O. The summed E-state index contributed by atoms with van der Waals surface area (Å²) in [4.78, 5) is 23.6. The lowest BCUT2D eigenvalue weighted by molar-refractivity contribution is -0.161. The molecule has 0 spiro atoms. The van der Waals surface area contributed by atoms with Crippen LogP contribution in [-0.4, -0.2) is 29.9 Å². The van der Waals surface area contributed by atoms with Crippen LogP contribution in [0.1, 0.15) is 25.8 Å². The summed E-state index contributed by atoms with van der Waals surface area (Å²) in [5.41, 5.74) is -2.52. The number of para-hydroxylation sites is 1. The second-order valence-electron chi connectivity index (χ2n) is 7.67. The third-order valence-corrected chi connectivity index (χ3v) is 5.10. The second-order valence-corrected chi connectivity index (χ2v) is 8.07. The number of aliphatic carboxylic acids is 1. The Hall–Kier alpha value is -3.04. The zero-order valence-electron chi connectivity index (χ0n) is 17.7. The summed E-state index contributed by atoms with van der Waals surface area (Å²) in [7, 11) is 0. The van der Waals surface area contributed by atoms with E-state index in [0.29, 0.717) is 0 Å². The molecule has 33 heavy (non-hydrogen) atoms. The number of alkyl halides is 3. The fourth-order valence-electron chi connectivity index (χ4n) is 2.93. The Morgan fingerprint density at radius 1 is 1.12 bits per heavy atom. The summed E-state index contributed by atoms with van der Waals surface area (Å²) >= 11 is 6.12. The van der Waals surface area contributed by atoms with E-state index in [0.717, 1.165) is 24.3 Å². The Kier molecular flexibility index (Phi) is 7.04. The Morgan fingerprint density at radius 2 is 1.85 bits per heavy atom. The van der Waals surface area contributed by atoms with Gasteiger partial charge in [-0.1, -0.05) is 17.7 Å². The van der Waals surface area contributed by atoms with Crippen molar-refractivity contribution in [1.29, 1.82) is 0 Å². The maximum atomic E-state index is 13.3. The largest absolute Gasteiger partial charge is 0.493 e. The first kappa shape index (κ1) is 24.6. The molecule has 1 aromatic heterocycles. The number of halogens is 4. The molecule has 0 saturated heterocycles. The smallest absolute Gasteiger partial charge is 0.416 e. The zero-order valence-corrected chi connectivity index (χ0v) is 18.4. The van der Waals surface area contributed by atoms with Crippen molar-refractivity contribution >= 4 is 28.5 Å². The highest BCUT2D eigenvalue weighted by Gasteiger charge is 2.32. The Bertz CT molecular complexity index is 1230. The molecular formula is C23H20ClF3O6. The normalized spacial score (nSPS) is 12.2. The lowest BCUT2D eigenvalue weighted by atomic mass is 10.1. The van der Waals surface area contributed by atoms with Gasteiger partial charge in [0, 0.05) is 12.5 Å². The Labute approximate surface area is 191 Å². The van der Waals surface area contributed by atoms with Crippen molar-refractivity contribution in [3.63, 3.8) is 0 Å². The molecule has 10 heteroatoms. The molecule has 1 N–H and O–H groups in total. The topological polar surface area (TPSA) is 86.0 Å². The van der Waals surface area contributed by atoms with E-state index < -0.39 is 28.7 Å². The summed E-state index contributed by atoms with van der Waals surface area (Å²) in [5, 5.41) is 9.47. The molecule has 3 rings (SSSR count). The van der Waals surface area contributed by atoms with Gasteiger partial charge in [0.25, 0.3) is 0 Å². The molecule has 6 nitrogen and oxygen atoms in total. The first-order valence-corrected chi connectivity index (χ1v) is 10.2. The van der Waals surface area contributed by atoms with Crippen LogP contribution in [0.15, 0.2) is 51.7 Å². The molecule has 0 atom stereocenters. The molecule has 176 valence electrons. The third-order valence-electron chi connectivity index (χ3n) is 4.81. The zero-order chi connectivity index (χ0) is 24.4. The van der Waals surface area contributed by atoms with Gasteiger partial charge in [0.15, 0.2) is 16.6 Å². The van der Waals surface area contributed by atoms with E-state index in [1.54, 1.807) is 6.07 Å². The van der Waals surface area contributed by atoms with Crippen LogP contribution in [-0.2, 0) is 15.7 Å².